The molecule has 0 aliphatic carbocycles. The highest BCUT2D eigenvalue weighted by molar-refractivity contribution is 5.80. The summed E-state index contributed by atoms with van der Waals surface area (Å²) in [5.74, 6) is 0.497. The lowest BCUT2D eigenvalue weighted by atomic mass is 9.87. The van der Waals surface area contributed by atoms with Gasteiger partial charge in [-0.2, -0.15) is 0 Å². The molecule has 25 heavy (non-hydrogen) atoms. The zero-order valence-corrected chi connectivity index (χ0v) is 16.5. The second kappa shape index (κ2) is 13.2. The van der Waals surface area contributed by atoms with Crippen LogP contribution in [0.25, 0.3) is 0 Å². The van der Waals surface area contributed by atoms with E-state index in [9.17, 15) is 4.79 Å². The van der Waals surface area contributed by atoms with Gasteiger partial charge in [-0.25, -0.2) is 4.79 Å². The fourth-order valence-electron chi connectivity index (χ4n) is 3.68. The first-order valence-electron chi connectivity index (χ1n) is 10.3. The number of hydrogen-bond acceptors (Lipinski definition) is 2. The highest BCUT2D eigenvalue weighted by atomic mass is 16.5. The van der Waals surface area contributed by atoms with E-state index in [4.69, 9.17) is 9.84 Å². The topological polar surface area (TPSA) is 46.5 Å². The van der Waals surface area contributed by atoms with Crippen molar-refractivity contribution in [1.29, 1.82) is 0 Å². The third kappa shape index (κ3) is 9.25. The van der Waals surface area contributed by atoms with E-state index in [2.05, 4.69) is 20.8 Å². The van der Waals surface area contributed by atoms with Crippen molar-refractivity contribution in [2.45, 2.75) is 97.2 Å². The lowest BCUT2D eigenvalue weighted by Gasteiger charge is -2.15. The van der Waals surface area contributed by atoms with E-state index in [0.29, 0.717) is 24.0 Å². The zero-order chi connectivity index (χ0) is 18.5. The first kappa shape index (κ1) is 22.0. The fourth-order valence-corrected chi connectivity index (χ4v) is 3.68. The van der Waals surface area contributed by atoms with Crippen LogP contribution in [0.15, 0.2) is 24.3 Å². The van der Waals surface area contributed by atoms with Gasteiger partial charge in [-0.3, -0.25) is 0 Å². The Hall–Kier alpha value is -1.09. The van der Waals surface area contributed by atoms with E-state index in [0.717, 1.165) is 12.5 Å². The molecular weight excluding hydrogens is 312 g/mol. The summed E-state index contributed by atoms with van der Waals surface area (Å²) in [5, 5.41) is 8.48. The zero-order valence-electron chi connectivity index (χ0n) is 16.5. The summed E-state index contributed by atoms with van der Waals surface area (Å²) in [5.41, 5.74) is 0. The predicted molar refractivity (Wildman–Crippen MR) is 105 cm³/mol. The molecule has 1 rings (SSSR count). The maximum absolute atomic E-state index is 10.3. The van der Waals surface area contributed by atoms with Crippen LogP contribution < -0.4 is 0 Å². The van der Waals surface area contributed by atoms with Crippen molar-refractivity contribution in [2.24, 2.45) is 11.8 Å². The van der Waals surface area contributed by atoms with Crippen LogP contribution in [0.1, 0.15) is 85.0 Å². The van der Waals surface area contributed by atoms with Crippen molar-refractivity contribution in [3.63, 3.8) is 0 Å². The molecule has 3 nitrogen and oxygen atoms in total. The van der Waals surface area contributed by atoms with Gasteiger partial charge in [0.2, 0.25) is 0 Å². The molecule has 0 spiro atoms. The van der Waals surface area contributed by atoms with Gasteiger partial charge < -0.3 is 9.84 Å². The van der Waals surface area contributed by atoms with E-state index in [1.807, 2.05) is 12.2 Å². The normalized spacial score (nSPS) is 26.8. The maximum Gasteiger partial charge on any atom is 0.328 e. The molecule has 0 saturated carbocycles. The van der Waals surface area contributed by atoms with Crippen molar-refractivity contribution in [3.8, 4) is 0 Å². The molecule has 0 radical (unpaired) electrons. The summed E-state index contributed by atoms with van der Waals surface area (Å²) in [6.07, 6.45) is 19.9. The molecule has 1 saturated heterocycles. The Morgan fingerprint density at radius 3 is 2.12 bits per heavy atom. The molecule has 4 unspecified atom stereocenters. The van der Waals surface area contributed by atoms with Gasteiger partial charge >= 0.3 is 5.97 Å². The Kier molecular flexibility index (Phi) is 11.6. The van der Waals surface area contributed by atoms with Crippen molar-refractivity contribution >= 4 is 5.97 Å². The molecular formula is C22H38O3. The molecule has 0 aromatic heterocycles. The fraction of sp³-hybridized carbons (Fsp3) is 0.773. The summed E-state index contributed by atoms with van der Waals surface area (Å²) in [6, 6.07) is 0. The molecule has 0 aromatic carbocycles. The Labute approximate surface area is 154 Å². The number of carbonyl (C=O) groups is 1. The average Bonchev–Trinajstić information content (AvgIpc) is 2.84. The van der Waals surface area contributed by atoms with Crippen molar-refractivity contribution < 1.29 is 14.6 Å². The minimum atomic E-state index is -0.894. The summed E-state index contributed by atoms with van der Waals surface area (Å²) in [4.78, 5) is 10.3. The number of unbranched alkanes of at least 4 members (excludes halogenated alkanes) is 6. The van der Waals surface area contributed by atoms with E-state index >= 15 is 0 Å². The summed E-state index contributed by atoms with van der Waals surface area (Å²) in [6.45, 7) is 6.99. The molecule has 1 aliphatic rings. The van der Waals surface area contributed by atoms with Crippen molar-refractivity contribution in [2.75, 3.05) is 0 Å². The van der Waals surface area contributed by atoms with E-state index in [1.54, 1.807) is 6.08 Å². The van der Waals surface area contributed by atoms with Gasteiger partial charge in [0.15, 0.2) is 0 Å². The average molecular weight is 351 g/mol. The molecule has 1 fully saturated rings. The smallest absolute Gasteiger partial charge is 0.328 e. The number of aliphatic carboxylic acids is 1. The lowest BCUT2D eigenvalue weighted by molar-refractivity contribution is -0.131. The number of allylic oxidation sites excluding steroid dienone is 3. The van der Waals surface area contributed by atoms with Gasteiger partial charge in [0.05, 0.1) is 12.2 Å². The molecule has 144 valence electrons. The highest BCUT2D eigenvalue weighted by Crippen LogP contribution is 2.37. The SMILES string of the molecule is CCCCCC1OC(CCCCCC/C=C/C=C/C(=O)O)C(C)C1C. The van der Waals surface area contributed by atoms with E-state index < -0.39 is 5.97 Å². The van der Waals surface area contributed by atoms with Crippen LogP contribution in [0, 0.1) is 11.8 Å². The largest absolute Gasteiger partial charge is 0.478 e. The first-order valence-corrected chi connectivity index (χ1v) is 10.3. The van der Waals surface area contributed by atoms with Crippen LogP contribution in [0.2, 0.25) is 0 Å². The minimum absolute atomic E-state index is 0.461. The Bertz CT molecular complexity index is 413. The molecule has 1 N–H and O–H groups in total. The third-order valence-electron chi connectivity index (χ3n) is 5.54. The predicted octanol–water partition coefficient (Wildman–Crippen LogP) is 6.14. The third-order valence-corrected chi connectivity index (χ3v) is 5.54. The highest BCUT2D eigenvalue weighted by Gasteiger charge is 2.37. The summed E-state index contributed by atoms with van der Waals surface area (Å²) >= 11 is 0. The van der Waals surface area contributed by atoms with Crippen LogP contribution in [-0.2, 0) is 9.53 Å². The maximum atomic E-state index is 10.3. The van der Waals surface area contributed by atoms with E-state index in [-0.39, 0.29) is 0 Å². The van der Waals surface area contributed by atoms with Crippen LogP contribution >= 0.6 is 0 Å². The lowest BCUT2D eigenvalue weighted by Crippen LogP contribution is -2.16. The number of carboxylic acids is 1. The van der Waals surface area contributed by atoms with Gasteiger partial charge in [0.1, 0.15) is 0 Å². The first-order chi connectivity index (χ1) is 12.1. The summed E-state index contributed by atoms with van der Waals surface area (Å²) in [7, 11) is 0. The molecule has 0 amide bonds. The summed E-state index contributed by atoms with van der Waals surface area (Å²) < 4.78 is 6.36. The number of carboxylic acid groups (broad SMARTS) is 1. The second-order valence-electron chi connectivity index (χ2n) is 7.54. The molecule has 1 heterocycles. The van der Waals surface area contributed by atoms with Crippen LogP contribution in [0.4, 0.5) is 0 Å². The Morgan fingerprint density at radius 1 is 0.920 bits per heavy atom. The monoisotopic (exact) mass is 350 g/mol. The van der Waals surface area contributed by atoms with Crippen LogP contribution in [0.5, 0.6) is 0 Å². The van der Waals surface area contributed by atoms with Crippen LogP contribution in [0.3, 0.4) is 0 Å². The number of hydrogen-bond donors (Lipinski definition) is 1. The molecule has 4 atom stereocenters. The molecule has 0 bridgehead atoms. The molecule has 1 aliphatic heterocycles. The van der Waals surface area contributed by atoms with Gasteiger partial charge in [-0.1, -0.05) is 77.5 Å². The Balaban J connectivity index is 2.08. The number of rotatable bonds is 13. The number of ether oxygens (including phenoxy) is 1. The minimum Gasteiger partial charge on any atom is -0.478 e. The molecule has 3 heteroatoms. The van der Waals surface area contributed by atoms with Gasteiger partial charge in [0, 0.05) is 6.08 Å². The van der Waals surface area contributed by atoms with Gasteiger partial charge in [-0.05, 0) is 37.5 Å². The second-order valence-corrected chi connectivity index (χ2v) is 7.54. The van der Waals surface area contributed by atoms with E-state index in [1.165, 1.54) is 57.8 Å². The van der Waals surface area contributed by atoms with Gasteiger partial charge in [0.25, 0.3) is 0 Å². The van der Waals surface area contributed by atoms with Gasteiger partial charge in [-0.15, -0.1) is 0 Å². The molecule has 0 aromatic rings. The Morgan fingerprint density at radius 2 is 1.52 bits per heavy atom. The van der Waals surface area contributed by atoms with Crippen LogP contribution in [-0.4, -0.2) is 23.3 Å². The van der Waals surface area contributed by atoms with Crippen molar-refractivity contribution in [3.05, 3.63) is 24.3 Å². The quantitative estimate of drug-likeness (QED) is 0.246. The van der Waals surface area contributed by atoms with Crippen molar-refractivity contribution in [1.82, 2.24) is 0 Å². The standard InChI is InChI=1S/C22H38O3/c1-4-5-12-15-20-18(2)19(3)21(25-20)16-13-10-8-6-7-9-11-14-17-22(23)24/h9,11,14,17-21H,4-8,10,12-13,15-16H2,1-3H3,(H,23,24)/b11-9+,17-14+.